The largest absolute Gasteiger partial charge is 0.507 e. The molecular formula is C18H19N3O. The van der Waals surface area contributed by atoms with Crippen LogP contribution in [0.1, 0.15) is 23.6 Å². The van der Waals surface area contributed by atoms with E-state index in [2.05, 4.69) is 29.3 Å². The van der Waals surface area contributed by atoms with Crippen molar-refractivity contribution in [1.82, 2.24) is 15.4 Å². The minimum Gasteiger partial charge on any atom is -0.507 e. The van der Waals surface area contributed by atoms with E-state index in [1.807, 2.05) is 37.3 Å². The summed E-state index contributed by atoms with van der Waals surface area (Å²) in [5.74, 6) is 0.233. The van der Waals surface area contributed by atoms with E-state index in [1.165, 1.54) is 11.1 Å². The molecule has 4 heteroatoms. The summed E-state index contributed by atoms with van der Waals surface area (Å²) in [5, 5.41) is 21.4. The monoisotopic (exact) mass is 293 g/mol. The number of aromatic amines is 1. The number of hydrogen-bond donors (Lipinski definition) is 2. The summed E-state index contributed by atoms with van der Waals surface area (Å²) >= 11 is 0. The quantitative estimate of drug-likeness (QED) is 0.766. The van der Waals surface area contributed by atoms with Crippen LogP contribution in [0.3, 0.4) is 0 Å². The van der Waals surface area contributed by atoms with Crippen LogP contribution in [0.25, 0.3) is 22.5 Å². The van der Waals surface area contributed by atoms with Crippen molar-refractivity contribution in [3.05, 3.63) is 53.1 Å². The third-order valence-electron chi connectivity index (χ3n) is 3.98. The summed E-state index contributed by atoms with van der Waals surface area (Å²) in [6.45, 7) is 6.16. The summed E-state index contributed by atoms with van der Waals surface area (Å²) < 4.78 is 0. The van der Waals surface area contributed by atoms with Gasteiger partial charge in [0.1, 0.15) is 11.4 Å². The Balaban J connectivity index is 2.15. The highest BCUT2D eigenvalue weighted by Crippen LogP contribution is 2.35. The van der Waals surface area contributed by atoms with Gasteiger partial charge >= 0.3 is 0 Å². The molecule has 0 saturated carbocycles. The van der Waals surface area contributed by atoms with Gasteiger partial charge in [-0.05, 0) is 43.5 Å². The van der Waals surface area contributed by atoms with Gasteiger partial charge in [0.2, 0.25) is 0 Å². The molecule has 2 aromatic carbocycles. The van der Waals surface area contributed by atoms with Crippen LogP contribution in [0, 0.1) is 13.8 Å². The molecule has 1 aromatic heterocycles. The molecule has 0 amide bonds. The number of hydrogen-bond acceptors (Lipinski definition) is 3. The highest BCUT2D eigenvalue weighted by atomic mass is 16.3. The Bertz CT molecular complexity index is 804. The second-order valence-corrected chi connectivity index (χ2v) is 5.55. The number of aromatic nitrogens is 3. The highest BCUT2D eigenvalue weighted by molar-refractivity contribution is 5.81. The van der Waals surface area contributed by atoms with Gasteiger partial charge < -0.3 is 5.11 Å². The maximum atomic E-state index is 10.3. The van der Waals surface area contributed by atoms with Crippen molar-refractivity contribution in [2.24, 2.45) is 0 Å². The molecule has 3 aromatic rings. The van der Waals surface area contributed by atoms with E-state index in [0.29, 0.717) is 11.3 Å². The molecule has 0 saturated heterocycles. The van der Waals surface area contributed by atoms with Crippen molar-refractivity contribution >= 4 is 0 Å². The number of nitrogens with zero attached hydrogens (tertiary/aromatic N) is 2. The zero-order valence-electron chi connectivity index (χ0n) is 13.0. The number of H-pyrrole nitrogens is 1. The SMILES string of the molecule is CCc1cc(-c2nn[nH]c2-c2ccc(C)cc2)c(O)cc1C. The van der Waals surface area contributed by atoms with Gasteiger partial charge in [-0.3, -0.25) is 5.10 Å². The molecule has 0 spiro atoms. The fourth-order valence-corrected chi connectivity index (χ4v) is 2.65. The highest BCUT2D eigenvalue weighted by Gasteiger charge is 2.16. The molecule has 112 valence electrons. The molecule has 0 unspecified atom stereocenters. The predicted octanol–water partition coefficient (Wildman–Crippen LogP) is 4.02. The molecular weight excluding hydrogens is 274 g/mol. The van der Waals surface area contributed by atoms with Gasteiger partial charge in [0, 0.05) is 11.1 Å². The molecule has 0 aliphatic rings. The normalized spacial score (nSPS) is 10.9. The average molecular weight is 293 g/mol. The van der Waals surface area contributed by atoms with Crippen LogP contribution in [-0.4, -0.2) is 20.5 Å². The average Bonchev–Trinajstić information content (AvgIpc) is 2.97. The first-order valence-corrected chi connectivity index (χ1v) is 7.41. The van der Waals surface area contributed by atoms with Crippen molar-refractivity contribution in [2.45, 2.75) is 27.2 Å². The van der Waals surface area contributed by atoms with E-state index in [1.54, 1.807) is 6.07 Å². The van der Waals surface area contributed by atoms with Crippen LogP contribution < -0.4 is 0 Å². The third-order valence-corrected chi connectivity index (χ3v) is 3.98. The molecule has 0 bridgehead atoms. The van der Waals surface area contributed by atoms with E-state index in [0.717, 1.165) is 23.2 Å². The van der Waals surface area contributed by atoms with Gasteiger partial charge in [-0.2, -0.15) is 0 Å². The summed E-state index contributed by atoms with van der Waals surface area (Å²) in [5.41, 5.74) is 6.70. The molecule has 0 aliphatic carbocycles. The van der Waals surface area contributed by atoms with Crippen LogP contribution in [-0.2, 0) is 6.42 Å². The second-order valence-electron chi connectivity index (χ2n) is 5.55. The maximum Gasteiger partial charge on any atom is 0.125 e. The van der Waals surface area contributed by atoms with Crippen LogP contribution in [0.2, 0.25) is 0 Å². The number of rotatable bonds is 3. The minimum atomic E-state index is 0.233. The molecule has 2 N–H and O–H groups in total. The number of phenols is 1. The second kappa shape index (κ2) is 5.64. The summed E-state index contributed by atoms with van der Waals surface area (Å²) in [6.07, 6.45) is 0.914. The molecule has 4 nitrogen and oxygen atoms in total. The van der Waals surface area contributed by atoms with Gasteiger partial charge in [0.05, 0.1) is 5.69 Å². The van der Waals surface area contributed by atoms with Gasteiger partial charge in [0.15, 0.2) is 0 Å². The smallest absolute Gasteiger partial charge is 0.125 e. The standard InChI is InChI=1S/C18H19N3O/c1-4-13-10-15(16(22)9-12(13)3)18-17(19-21-20-18)14-7-5-11(2)6-8-14/h5-10,22H,4H2,1-3H3,(H,19,20,21). The fraction of sp³-hybridized carbons (Fsp3) is 0.222. The number of aromatic hydroxyl groups is 1. The zero-order chi connectivity index (χ0) is 15.7. The first-order chi connectivity index (χ1) is 10.6. The molecule has 0 aliphatic heterocycles. The number of nitrogens with one attached hydrogen (secondary N) is 1. The Labute approximate surface area is 129 Å². The van der Waals surface area contributed by atoms with E-state index in [4.69, 9.17) is 0 Å². The molecule has 22 heavy (non-hydrogen) atoms. The molecule has 1 heterocycles. The number of phenolic OH excluding ortho intramolecular Hbond substituents is 1. The first-order valence-electron chi connectivity index (χ1n) is 7.41. The Kier molecular flexibility index (Phi) is 3.67. The summed E-state index contributed by atoms with van der Waals surface area (Å²) in [6, 6.07) is 11.9. The minimum absolute atomic E-state index is 0.233. The lowest BCUT2D eigenvalue weighted by molar-refractivity contribution is 0.476. The lowest BCUT2D eigenvalue weighted by atomic mass is 9.97. The van der Waals surface area contributed by atoms with E-state index >= 15 is 0 Å². The van der Waals surface area contributed by atoms with Gasteiger partial charge in [-0.1, -0.05) is 42.0 Å². The van der Waals surface area contributed by atoms with Gasteiger partial charge in [0.25, 0.3) is 0 Å². The van der Waals surface area contributed by atoms with Crippen LogP contribution in [0.15, 0.2) is 36.4 Å². The van der Waals surface area contributed by atoms with Crippen molar-refractivity contribution in [1.29, 1.82) is 0 Å². The van der Waals surface area contributed by atoms with Gasteiger partial charge in [-0.25, -0.2) is 0 Å². The number of aryl methyl sites for hydroxylation is 3. The molecule has 3 rings (SSSR count). The van der Waals surface area contributed by atoms with Crippen LogP contribution in [0.4, 0.5) is 0 Å². The van der Waals surface area contributed by atoms with Crippen LogP contribution >= 0.6 is 0 Å². The molecule has 0 fully saturated rings. The topological polar surface area (TPSA) is 61.8 Å². The van der Waals surface area contributed by atoms with Crippen molar-refractivity contribution in [2.75, 3.05) is 0 Å². The zero-order valence-corrected chi connectivity index (χ0v) is 13.0. The van der Waals surface area contributed by atoms with Crippen molar-refractivity contribution in [3.63, 3.8) is 0 Å². The van der Waals surface area contributed by atoms with Crippen LogP contribution in [0.5, 0.6) is 5.75 Å². The Morgan fingerprint density at radius 1 is 1.09 bits per heavy atom. The van der Waals surface area contributed by atoms with E-state index in [-0.39, 0.29) is 5.75 Å². The molecule has 0 atom stereocenters. The summed E-state index contributed by atoms with van der Waals surface area (Å²) in [7, 11) is 0. The van der Waals surface area contributed by atoms with E-state index < -0.39 is 0 Å². The van der Waals surface area contributed by atoms with Crippen molar-refractivity contribution in [3.8, 4) is 28.3 Å². The maximum absolute atomic E-state index is 10.3. The fourth-order valence-electron chi connectivity index (χ4n) is 2.65. The lowest BCUT2D eigenvalue weighted by Crippen LogP contribution is -1.91. The Morgan fingerprint density at radius 3 is 2.50 bits per heavy atom. The summed E-state index contributed by atoms with van der Waals surface area (Å²) in [4.78, 5) is 0. The Hall–Kier alpha value is -2.62. The van der Waals surface area contributed by atoms with Gasteiger partial charge in [-0.15, -0.1) is 5.10 Å². The molecule has 0 radical (unpaired) electrons. The first kappa shape index (κ1) is 14.3. The third kappa shape index (κ3) is 2.48. The van der Waals surface area contributed by atoms with Crippen molar-refractivity contribution < 1.29 is 5.11 Å². The van der Waals surface area contributed by atoms with E-state index in [9.17, 15) is 5.11 Å². The Morgan fingerprint density at radius 2 is 1.82 bits per heavy atom. The predicted molar refractivity (Wildman–Crippen MR) is 87.8 cm³/mol. The number of benzene rings is 2. The lowest BCUT2D eigenvalue weighted by Gasteiger charge is -2.09.